The van der Waals surface area contributed by atoms with E-state index in [1.54, 1.807) is 6.33 Å². The molecule has 1 aromatic heterocycles. The van der Waals surface area contributed by atoms with E-state index in [-0.39, 0.29) is 0 Å². The quantitative estimate of drug-likeness (QED) is 0.807. The van der Waals surface area contributed by atoms with Gasteiger partial charge in [-0.05, 0) is 31.4 Å². The summed E-state index contributed by atoms with van der Waals surface area (Å²) < 4.78 is 0. The summed E-state index contributed by atoms with van der Waals surface area (Å²) in [5.74, 6) is 0.977. The van der Waals surface area contributed by atoms with Crippen molar-refractivity contribution in [3.05, 3.63) is 30.6 Å². The van der Waals surface area contributed by atoms with E-state index in [1.165, 1.54) is 19.3 Å². The van der Waals surface area contributed by atoms with Crippen LogP contribution < -0.4 is 5.32 Å². The van der Waals surface area contributed by atoms with Crippen LogP contribution in [0.2, 0.25) is 0 Å². The predicted octanol–water partition coefficient (Wildman–Crippen LogP) is 2.59. The molecule has 0 aliphatic heterocycles. The molecule has 0 spiro atoms. The van der Waals surface area contributed by atoms with Crippen molar-refractivity contribution in [1.82, 2.24) is 9.97 Å². The highest BCUT2D eigenvalue weighted by Gasteiger charge is 2.18. The second-order valence-corrected chi connectivity index (χ2v) is 4.01. The molecule has 1 N–H and O–H groups in total. The Hall–Kier alpha value is -1.64. The van der Waals surface area contributed by atoms with Crippen LogP contribution in [0.4, 0.5) is 5.82 Å². The van der Waals surface area contributed by atoms with Gasteiger partial charge in [0.05, 0.1) is 5.52 Å². The van der Waals surface area contributed by atoms with Gasteiger partial charge in [0.15, 0.2) is 0 Å². The highest BCUT2D eigenvalue weighted by atomic mass is 15.0. The number of nitrogens with zero attached hydrogens (tertiary/aromatic N) is 2. The van der Waals surface area contributed by atoms with Crippen molar-refractivity contribution in [2.75, 3.05) is 5.32 Å². The van der Waals surface area contributed by atoms with Crippen LogP contribution in [0, 0.1) is 0 Å². The molecule has 0 amide bonds. The van der Waals surface area contributed by atoms with Crippen LogP contribution in [0.3, 0.4) is 0 Å². The molecule has 1 heterocycles. The number of nitrogens with one attached hydrogen (secondary N) is 1. The Morgan fingerprint density at radius 1 is 1.13 bits per heavy atom. The van der Waals surface area contributed by atoms with Crippen LogP contribution in [0.25, 0.3) is 10.9 Å². The molecule has 0 unspecified atom stereocenters. The monoisotopic (exact) mass is 199 g/mol. The first-order valence-corrected chi connectivity index (χ1v) is 5.40. The lowest BCUT2D eigenvalue weighted by atomic mass is 9.93. The first-order chi connectivity index (χ1) is 7.43. The van der Waals surface area contributed by atoms with Gasteiger partial charge in [0.1, 0.15) is 12.1 Å². The minimum absolute atomic E-state index is 0.614. The summed E-state index contributed by atoms with van der Waals surface area (Å²) in [5.41, 5.74) is 1.01. The molecule has 1 aromatic carbocycles. The van der Waals surface area contributed by atoms with Crippen molar-refractivity contribution >= 4 is 16.7 Å². The molecule has 0 bridgehead atoms. The number of aromatic nitrogens is 2. The van der Waals surface area contributed by atoms with Crippen LogP contribution in [0.1, 0.15) is 19.3 Å². The Balaban J connectivity index is 2.01. The third-order valence-electron chi connectivity index (χ3n) is 2.99. The van der Waals surface area contributed by atoms with Crippen LogP contribution in [0.5, 0.6) is 0 Å². The van der Waals surface area contributed by atoms with Crippen LogP contribution in [0.15, 0.2) is 30.6 Å². The first kappa shape index (κ1) is 8.65. The second-order valence-electron chi connectivity index (χ2n) is 4.01. The van der Waals surface area contributed by atoms with E-state index in [2.05, 4.69) is 21.4 Å². The molecule has 3 heteroatoms. The van der Waals surface area contributed by atoms with E-state index in [0.717, 1.165) is 16.7 Å². The molecule has 1 fully saturated rings. The number of benzene rings is 1. The summed E-state index contributed by atoms with van der Waals surface area (Å²) in [6, 6.07) is 8.72. The normalized spacial score (nSPS) is 16.3. The van der Waals surface area contributed by atoms with Gasteiger partial charge in [0.25, 0.3) is 0 Å². The summed E-state index contributed by atoms with van der Waals surface area (Å²) in [4.78, 5) is 8.55. The molecule has 76 valence electrons. The number of fused-ring (bicyclic) bond motifs is 1. The van der Waals surface area contributed by atoms with E-state index in [0.29, 0.717) is 6.04 Å². The minimum Gasteiger partial charge on any atom is -0.367 e. The van der Waals surface area contributed by atoms with Gasteiger partial charge >= 0.3 is 0 Å². The molecule has 0 saturated heterocycles. The third-order valence-corrected chi connectivity index (χ3v) is 2.99. The van der Waals surface area contributed by atoms with Crippen molar-refractivity contribution in [3.63, 3.8) is 0 Å². The topological polar surface area (TPSA) is 37.8 Å². The van der Waals surface area contributed by atoms with Crippen molar-refractivity contribution in [3.8, 4) is 0 Å². The summed E-state index contributed by atoms with van der Waals surface area (Å²) in [7, 11) is 0. The molecule has 15 heavy (non-hydrogen) atoms. The number of hydrogen-bond acceptors (Lipinski definition) is 3. The molecule has 1 aliphatic carbocycles. The SMILES string of the molecule is c1ccc2c(NC3CCC3)ncnc2c1. The van der Waals surface area contributed by atoms with E-state index >= 15 is 0 Å². The highest BCUT2D eigenvalue weighted by Crippen LogP contribution is 2.25. The number of hydrogen-bond donors (Lipinski definition) is 1. The predicted molar refractivity (Wildman–Crippen MR) is 60.8 cm³/mol. The smallest absolute Gasteiger partial charge is 0.137 e. The standard InChI is InChI=1S/C12H13N3/c1-2-7-11-10(6-1)12(14-8-13-11)15-9-4-3-5-9/h1-2,6-9H,3-5H2,(H,13,14,15). The van der Waals surface area contributed by atoms with Gasteiger partial charge in [0, 0.05) is 11.4 Å². The Labute approximate surface area is 88.6 Å². The number of para-hydroxylation sites is 1. The van der Waals surface area contributed by atoms with Crippen LogP contribution in [-0.4, -0.2) is 16.0 Å². The third kappa shape index (κ3) is 1.54. The van der Waals surface area contributed by atoms with Crippen LogP contribution >= 0.6 is 0 Å². The molecule has 2 aromatic rings. The summed E-state index contributed by atoms with van der Waals surface area (Å²) in [6.45, 7) is 0. The van der Waals surface area contributed by atoms with E-state index < -0.39 is 0 Å². The molecule has 3 rings (SSSR count). The summed E-state index contributed by atoms with van der Waals surface area (Å²) in [5, 5.41) is 4.59. The van der Waals surface area contributed by atoms with E-state index in [9.17, 15) is 0 Å². The van der Waals surface area contributed by atoms with Gasteiger partial charge < -0.3 is 5.32 Å². The Morgan fingerprint density at radius 2 is 2.00 bits per heavy atom. The summed E-state index contributed by atoms with van der Waals surface area (Å²) >= 11 is 0. The molecule has 1 saturated carbocycles. The molecular formula is C12H13N3. The molecular weight excluding hydrogens is 186 g/mol. The van der Waals surface area contributed by atoms with Crippen molar-refractivity contribution in [2.45, 2.75) is 25.3 Å². The maximum atomic E-state index is 4.31. The summed E-state index contributed by atoms with van der Waals surface area (Å²) in [6.07, 6.45) is 5.49. The lowest BCUT2D eigenvalue weighted by Gasteiger charge is -2.27. The fraction of sp³-hybridized carbons (Fsp3) is 0.333. The van der Waals surface area contributed by atoms with Gasteiger partial charge in [-0.3, -0.25) is 0 Å². The van der Waals surface area contributed by atoms with Gasteiger partial charge in [0.2, 0.25) is 0 Å². The maximum Gasteiger partial charge on any atom is 0.137 e. The fourth-order valence-electron chi connectivity index (χ4n) is 1.87. The maximum absolute atomic E-state index is 4.31. The number of rotatable bonds is 2. The largest absolute Gasteiger partial charge is 0.367 e. The van der Waals surface area contributed by atoms with E-state index in [4.69, 9.17) is 0 Å². The van der Waals surface area contributed by atoms with Gasteiger partial charge in [-0.25, -0.2) is 9.97 Å². The zero-order valence-electron chi connectivity index (χ0n) is 8.48. The Morgan fingerprint density at radius 3 is 2.80 bits per heavy atom. The van der Waals surface area contributed by atoms with Gasteiger partial charge in [-0.15, -0.1) is 0 Å². The molecule has 0 radical (unpaired) electrons. The first-order valence-electron chi connectivity index (χ1n) is 5.40. The Kier molecular flexibility index (Phi) is 2.02. The molecule has 0 atom stereocenters. The van der Waals surface area contributed by atoms with Crippen molar-refractivity contribution in [2.24, 2.45) is 0 Å². The zero-order valence-corrected chi connectivity index (χ0v) is 8.48. The zero-order chi connectivity index (χ0) is 10.1. The van der Waals surface area contributed by atoms with Crippen LogP contribution in [-0.2, 0) is 0 Å². The van der Waals surface area contributed by atoms with Crippen molar-refractivity contribution < 1.29 is 0 Å². The minimum atomic E-state index is 0.614. The Bertz CT molecular complexity index is 472. The van der Waals surface area contributed by atoms with Crippen molar-refractivity contribution in [1.29, 1.82) is 0 Å². The fourth-order valence-corrected chi connectivity index (χ4v) is 1.87. The lowest BCUT2D eigenvalue weighted by molar-refractivity contribution is 0.445. The second kappa shape index (κ2) is 3.50. The average Bonchev–Trinajstić information content (AvgIpc) is 2.23. The van der Waals surface area contributed by atoms with Gasteiger partial charge in [-0.1, -0.05) is 12.1 Å². The molecule has 1 aliphatic rings. The van der Waals surface area contributed by atoms with Gasteiger partial charge in [-0.2, -0.15) is 0 Å². The van der Waals surface area contributed by atoms with E-state index in [1.807, 2.05) is 18.2 Å². The average molecular weight is 199 g/mol. The lowest BCUT2D eigenvalue weighted by Crippen LogP contribution is -2.27. The number of anilines is 1. The molecule has 3 nitrogen and oxygen atoms in total. The highest BCUT2D eigenvalue weighted by molar-refractivity contribution is 5.88.